The predicted octanol–water partition coefficient (Wildman–Crippen LogP) is 2.60. The number of carbonyl (C=O) groups excluding carboxylic acids is 1. The summed E-state index contributed by atoms with van der Waals surface area (Å²) in [6.45, 7) is 1.82. The maximum Gasteiger partial charge on any atom is 0.259 e. The third-order valence-electron chi connectivity index (χ3n) is 3.21. The normalized spacial score (nSPS) is 11.7. The Morgan fingerprint density at radius 1 is 1.10 bits per heavy atom. The van der Waals surface area contributed by atoms with Crippen molar-refractivity contribution >= 4 is 5.91 Å². The molecule has 2 rings (SSSR count). The van der Waals surface area contributed by atoms with Gasteiger partial charge in [-0.3, -0.25) is 4.79 Å². The first kappa shape index (κ1) is 14.7. The molecule has 0 aromatic heterocycles. The topological polar surface area (TPSA) is 78.8 Å². The lowest BCUT2D eigenvalue weighted by Crippen LogP contribution is -2.26. The first-order valence-electron chi connectivity index (χ1n) is 6.48. The largest absolute Gasteiger partial charge is 0.507 e. The van der Waals surface area contributed by atoms with E-state index in [2.05, 4.69) is 5.32 Å². The Bertz CT molecular complexity index is 617. The van der Waals surface area contributed by atoms with Crippen molar-refractivity contribution in [3.05, 3.63) is 53.6 Å². The zero-order chi connectivity index (χ0) is 15.4. The average Bonchev–Trinajstić information content (AvgIpc) is 2.47. The molecule has 0 aliphatic heterocycles. The minimum Gasteiger partial charge on any atom is -0.507 e. The van der Waals surface area contributed by atoms with E-state index in [9.17, 15) is 15.0 Å². The maximum atomic E-state index is 12.1. The number of phenolic OH excluding ortho intramolecular Hbond substituents is 2. The van der Waals surface area contributed by atoms with E-state index in [4.69, 9.17) is 4.74 Å². The molecule has 0 saturated carbocycles. The summed E-state index contributed by atoms with van der Waals surface area (Å²) in [5.41, 5.74) is 0.761. The van der Waals surface area contributed by atoms with Gasteiger partial charge in [0.15, 0.2) is 0 Å². The van der Waals surface area contributed by atoms with Gasteiger partial charge in [-0.2, -0.15) is 0 Å². The van der Waals surface area contributed by atoms with Crippen molar-refractivity contribution < 1.29 is 19.7 Å². The maximum absolute atomic E-state index is 12.1. The minimum absolute atomic E-state index is 0.127. The minimum atomic E-state index is -0.533. The molecule has 0 aliphatic carbocycles. The molecule has 2 aromatic carbocycles. The molecular weight excluding hydrogens is 270 g/mol. The molecule has 21 heavy (non-hydrogen) atoms. The fourth-order valence-corrected chi connectivity index (χ4v) is 2.01. The van der Waals surface area contributed by atoms with Gasteiger partial charge in [0.2, 0.25) is 0 Å². The van der Waals surface area contributed by atoms with Crippen LogP contribution in [0.15, 0.2) is 42.5 Å². The van der Waals surface area contributed by atoms with Gasteiger partial charge in [-0.15, -0.1) is 0 Å². The number of methoxy groups -OCH3 is 1. The van der Waals surface area contributed by atoms with Crippen LogP contribution in [-0.2, 0) is 0 Å². The van der Waals surface area contributed by atoms with Crippen LogP contribution in [0.5, 0.6) is 17.2 Å². The van der Waals surface area contributed by atoms with Crippen LogP contribution in [0, 0.1) is 0 Å². The zero-order valence-corrected chi connectivity index (χ0v) is 11.8. The van der Waals surface area contributed by atoms with Crippen molar-refractivity contribution in [2.45, 2.75) is 13.0 Å². The molecule has 5 nitrogen and oxygen atoms in total. The van der Waals surface area contributed by atoms with Crippen molar-refractivity contribution in [3.8, 4) is 17.2 Å². The van der Waals surface area contributed by atoms with Crippen molar-refractivity contribution in [2.24, 2.45) is 0 Å². The highest BCUT2D eigenvalue weighted by atomic mass is 16.5. The monoisotopic (exact) mass is 287 g/mol. The number of amides is 1. The summed E-state index contributed by atoms with van der Waals surface area (Å²) >= 11 is 0. The lowest BCUT2D eigenvalue weighted by molar-refractivity contribution is 0.0934. The molecule has 0 saturated heterocycles. The first-order valence-corrected chi connectivity index (χ1v) is 6.48. The molecule has 0 spiro atoms. The number of phenols is 2. The van der Waals surface area contributed by atoms with Crippen LogP contribution in [-0.4, -0.2) is 23.2 Å². The Hall–Kier alpha value is -2.69. The molecule has 2 aromatic rings. The molecule has 1 amide bonds. The van der Waals surface area contributed by atoms with E-state index in [1.807, 2.05) is 19.1 Å². The summed E-state index contributed by atoms with van der Waals surface area (Å²) in [6.07, 6.45) is 0. The fraction of sp³-hybridized carbons (Fsp3) is 0.188. The molecule has 1 unspecified atom stereocenters. The second-order valence-corrected chi connectivity index (χ2v) is 4.64. The highest BCUT2D eigenvalue weighted by Crippen LogP contribution is 2.27. The summed E-state index contributed by atoms with van der Waals surface area (Å²) in [5, 5.41) is 22.1. The smallest absolute Gasteiger partial charge is 0.259 e. The molecule has 0 fully saturated rings. The number of carbonyl (C=O) groups is 1. The van der Waals surface area contributed by atoms with E-state index in [1.165, 1.54) is 18.2 Å². The van der Waals surface area contributed by atoms with Crippen molar-refractivity contribution in [1.29, 1.82) is 0 Å². The van der Waals surface area contributed by atoms with Gasteiger partial charge >= 0.3 is 0 Å². The van der Waals surface area contributed by atoms with Crippen molar-refractivity contribution in [1.82, 2.24) is 5.32 Å². The molecule has 5 heteroatoms. The van der Waals surface area contributed by atoms with E-state index in [-0.39, 0.29) is 23.1 Å². The molecule has 0 bridgehead atoms. The van der Waals surface area contributed by atoms with Crippen LogP contribution in [0.1, 0.15) is 28.9 Å². The summed E-state index contributed by atoms with van der Waals surface area (Å²) in [7, 11) is 1.58. The molecule has 1 atom stereocenters. The number of ether oxygens (including phenoxy) is 1. The Labute approximate surface area is 122 Å². The van der Waals surface area contributed by atoms with Crippen molar-refractivity contribution in [2.75, 3.05) is 7.11 Å². The highest BCUT2D eigenvalue weighted by molar-refractivity contribution is 5.99. The average molecular weight is 287 g/mol. The van der Waals surface area contributed by atoms with Gasteiger partial charge in [-0.25, -0.2) is 0 Å². The Morgan fingerprint density at radius 3 is 2.19 bits per heavy atom. The summed E-state index contributed by atoms with van der Waals surface area (Å²) in [5.74, 6) is -0.312. The SMILES string of the molecule is COc1ccc(C(C)NC(=O)c2c(O)cccc2O)cc1. The van der Waals surface area contributed by atoms with Crippen LogP contribution >= 0.6 is 0 Å². The second kappa shape index (κ2) is 6.17. The molecule has 0 radical (unpaired) electrons. The van der Waals surface area contributed by atoms with Crippen LogP contribution in [0.2, 0.25) is 0 Å². The number of hydrogen-bond acceptors (Lipinski definition) is 4. The van der Waals surface area contributed by atoms with E-state index in [1.54, 1.807) is 19.2 Å². The molecule has 3 N–H and O–H groups in total. The Balaban J connectivity index is 2.15. The van der Waals surface area contributed by atoms with Gasteiger partial charge in [0.05, 0.1) is 13.2 Å². The van der Waals surface area contributed by atoms with Gasteiger partial charge in [-0.1, -0.05) is 18.2 Å². The van der Waals surface area contributed by atoms with E-state index >= 15 is 0 Å². The van der Waals surface area contributed by atoms with Crippen LogP contribution < -0.4 is 10.1 Å². The van der Waals surface area contributed by atoms with Gasteiger partial charge in [-0.05, 0) is 36.8 Å². The Morgan fingerprint density at radius 2 is 1.67 bits per heavy atom. The third-order valence-corrected chi connectivity index (χ3v) is 3.21. The number of benzene rings is 2. The van der Waals surface area contributed by atoms with Crippen molar-refractivity contribution in [3.63, 3.8) is 0 Å². The molecule has 0 heterocycles. The van der Waals surface area contributed by atoms with Gasteiger partial charge in [0.1, 0.15) is 22.8 Å². The first-order chi connectivity index (χ1) is 10.0. The van der Waals surface area contributed by atoms with Crippen LogP contribution in [0.4, 0.5) is 0 Å². The van der Waals surface area contributed by atoms with E-state index in [0.717, 1.165) is 11.3 Å². The third kappa shape index (κ3) is 3.25. The summed E-state index contributed by atoms with van der Waals surface area (Å²) < 4.78 is 5.08. The second-order valence-electron chi connectivity index (χ2n) is 4.64. The molecule has 110 valence electrons. The number of rotatable bonds is 4. The zero-order valence-electron chi connectivity index (χ0n) is 11.8. The standard InChI is InChI=1S/C16H17NO4/c1-10(11-6-8-12(21-2)9-7-11)17-16(20)15-13(18)4-3-5-14(15)19/h3-10,18-19H,1-2H3,(H,17,20). The number of hydrogen-bond donors (Lipinski definition) is 3. The van der Waals surface area contributed by atoms with Gasteiger partial charge in [0.25, 0.3) is 5.91 Å². The number of nitrogens with one attached hydrogen (secondary N) is 1. The lowest BCUT2D eigenvalue weighted by atomic mass is 10.1. The molecular formula is C16H17NO4. The summed E-state index contributed by atoms with van der Waals surface area (Å²) in [6, 6.07) is 11.2. The lowest BCUT2D eigenvalue weighted by Gasteiger charge is -2.15. The van der Waals surface area contributed by atoms with Crippen LogP contribution in [0.25, 0.3) is 0 Å². The fourth-order valence-electron chi connectivity index (χ4n) is 2.01. The summed E-state index contributed by atoms with van der Waals surface area (Å²) in [4.78, 5) is 12.1. The van der Waals surface area contributed by atoms with E-state index < -0.39 is 5.91 Å². The van der Waals surface area contributed by atoms with Gasteiger partial charge < -0.3 is 20.3 Å². The van der Waals surface area contributed by atoms with E-state index in [0.29, 0.717) is 0 Å². The Kier molecular flexibility index (Phi) is 4.33. The molecule has 0 aliphatic rings. The van der Waals surface area contributed by atoms with Gasteiger partial charge in [0, 0.05) is 0 Å². The number of aromatic hydroxyl groups is 2. The highest BCUT2D eigenvalue weighted by Gasteiger charge is 2.18. The predicted molar refractivity (Wildman–Crippen MR) is 78.6 cm³/mol. The quantitative estimate of drug-likeness (QED) is 0.807. The van der Waals surface area contributed by atoms with Crippen LogP contribution in [0.3, 0.4) is 0 Å².